The Kier molecular flexibility index (Phi) is 7.10. The third-order valence-corrected chi connectivity index (χ3v) is 8.90. The molecule has 3 fully saturated rings. The van der Waals surface area contributed by atoms with Gasteiger partial charge in [0.1, 0.15) is 11.9 Å². The van der Waals surface area contributed by atoms with Gasteiger partial charge in [-0.2, -0.15) is 0 Å². The molecule has 3 heterocycles. The second kappa shape index (κ2) is 10.7. The highest BCUT2D eigenvalue weighted by atomic mass is 79.9. The van der Waals surface area contributed by atoms with Gasteiger partial charge in [-0.1, -0.05) is 34.1 Å². The number of nitrogens with one attached hydrogen (secondary N) is 2. The number of halogens is 2. The number of anilines is 1. The van der Waals surface area contributed by atoms with Crippen LogP contribution >= 0.6 is 15.9 Å². The molecule has 0 saturated carbocycles. The van der Waals surface area contributed by atoms with E-state index in [1.807, 2.05) is 36.4 Å². The van der Waals surface area contributed by atoms with Gasteiger partial charge < -0.3 is 15.5 Å². The molecule has 6 rings (SSSR count). The first-order chi connectivity index (χ1) is 18.4. The van der Waals surface area contributed by atoms with Crippen molar-refractivity contribution in [3.8, 4) is 0 Å². The number of rotatable bonds is 5. The third-order valence-electron chi connectivity index (χ3n) is 8.37. The number of piperidine rings is 1. The number of likely N-dealkylation sites (tertiary alicyclic amines) is 1. The Labute approximate surface area is 230 Å². The van der Waals surface area contributed by atoms with Crippen molar-refractivity contribution in [1.29, 1.82) is 0 Å². The Morgan fingerprint density at radius 2 is 1.63 bits per heavy atom. The zero-order valence-corrected chi connectivity index (χ0v) is 22.8. The fourth-order valence-electron chi connectivity index (χ4n) is 6.52. The highest BCUT2D eigenvalue weighted by Crippen LogP contribution is 2.37. The number of fused-ring (bicyclic) bond motifs is 3. The molecule has 2 bridgehead atoms. The molecule has 6 nitrogen and oxygen atoms in total. The zero-order chi connectivity index (χ0) is 26.2. The van der Waals surface area contributed by atoms with Gasteiger partial charge in [0.05, 0.1) is 0 Å². The van der Waals surface area contributed by atoms with Crippen LogP contribution in [0.4, 0.5) is 14.9 Å². The van der Waals surface area contributed by atoms with Crippen molar-refractivity contribution in [3.05, 3.63) is 76.5 Å². The monoisotopic (exact) mass is 578 g/mol. The predicted molar refractivity (Wildman–Crippen MR) is 150 cm³/mol. The number of carbonyl (C=O) groups is 2. The summed E-state index contributed by atoms with van der Waals surface area (Å²) < 4.78 is 14.5. The van der Waals surface area contributed by atoms with Crippen LogP contribution < -0.4 is 10.6 Å². The van der Waals surface area contributed by atoms with E-state index in [9.17, 15) is 14.0 Å². The van der Waals surface area contributed by atoms with Gasteiger partial charge in [0.25, 0.3) is 0 Å². The van der Waals surface area contributed by atoms with Crippen LogP contribution in [0.2, 0.25) is 0 Å². The number of hydrogen-bond acceptors (Lipinski definition) is 3. The minimum absolute atomic E-state index is 0.117. The highest BCUT2D eigenvalue weighted by molar-refractivity contribution is 9.10. The highest BCUT2D eigenvalue weighted by Gasteiger charge is 2.42. The van der Waals surface area contributed by atoms with Crippen LogP contribution in [0.25, 0.3) is 10.8 Å². The zero-order valence-electron chi connectivity index (χ0n) is 21.2. The van der Waals surface area contributed by atoms with Gasteiger partial charge in [0, 0.05) is 41.4 Å². The minimum Gasteiger partial charge on any atom is -0.335 e. The van der Waals surface area contributed by atoms with Gasteiger partial charge >= 0.3 is 6.03 Å². The number of benzene rings is 3. The Balaban J connectivity index is 1.06. The summed E-state index contributed by atoms with van der Waals surface area (Å²) >= 11 is 3.41. The second-order valence-electron chi connectivity index (χ2n) is 10.8. The van der Waals surface area contributed by atoms with Gasteiger partial charge in [0.15, 0.2) is 0 Å². The van der Waals surface area contributed by atoms with Gasteiger partial charge in [-0.15, -0.1) is 0 Å². The van der Waals surface area contributed by atoms with Crippen LogP contribution in [-0.2, 0) is 11.3 Å². The van der Waals surface area contributed by atoms with Gasteiger partial charge in [-0.3, -0.25) is 9.69 Å². The number of carbonyl (C=O) groups excluding carboxylic acids is 2. The Hall–Kier alpha value is -2.97. The first-order valence-electron chi connectivity index (χ1n) is 13.5. The van der Waals surface area contributed by atoms with E-state index in [0.29, 0.717) is 25.0 Å². The van der Waals surface area contributed by atoms with E-state index in [1.165, 1.54) is 11.6 Å². The lowest BCUT2D eigenvalue weighted by atomic mass is 9.96. The van der Waals surface area contributed by atoms with Crippen molar-refractivity contribution in [3.63, 3.8) is 0 Å². The number of amides is 3. The largest absolute Gasteiger partial charge is 0.335 e. The first-order valence-corrected chi connectivity index (χ1v) is 14.3. The average Bonchev–Trinajstić information content (AvgIpc) is 3.48. The summed E-state index contributed by atoms with van der Waals surface area (Å²) in [6.45, 7) is 1.47. The van der Waals surface area contributed by atoms with Crippen LogP contribution in [0.1, 0.15) is 44.1 Å². The molecule has 3 aliphatic rings. The predicted octanol–water partition coefficient (Wildman–Crippen LogP) is 6.05. The van der Waals surface area contributed by atoms with E-state index >= 15 is 0 Å². The van der Waals surface area contributed by atoms with E-state index in [2.05, 4.69) is 43.6 Å². The van der Waals surface area contributed by atoms with E-state index in [4.69, 9.17) is 0 Å². The molecule has 0 aromatic heterocycles. The number of nitrogens with zero attached hydrogens (tertiary/aromatic N) is 2. The molecule has 3 amide bonds. The lowest BCUT2D eigenvalue weighted by Gasteiger charge is -2.40. The van der Waals surface area contributed by atoms with Crippen molar-refractivity contribution in [2.45, 2.75) is 69.2 Å². The Bertz CT molecular complexity index is 1340. The van der Waals surface area contributed by atoms with E-state index in [1.54, 1.807) is 11.0 Å². The summed E-state index contributed by atoms with van der Waals surface area (Å²) in [6.07, 6.45) is 5.62. The molecule has 3 aromatic carbocycles. The van der Waals surface area contributed by atoms with Crippen molar-refractivity contribution >= 4 is 44.3 Å². The number of hydrogen-bond donors (Lipinski definition) is 2. The fraction of sp³-hybridized carbons (Fsp3) is 0.400. The molecule has 198 valence electrons. The maximum absolute atomic E-state index is 13.5. The molecular formula is C30H32BrFN4O2. The molecule has 4 atom stereocenters. The smallest absolute Gasteiger partial charge is 0.318 e. The van der Waals surface area contributed by atoms with Crippen LogP contribution in [0.3, 0.4) is 0 Å². The molecule has 2 N–H and O–H groups in total. The summed E-state index contributed by atoms with van der Waals surface area (Å²) in [6, 6.07) is 19.1. The summed E-state index contributed by atoms with van der Waals surface area (Å²) in [7, 11) is 0. The molecule has 1 unspecified atom stereocenters. The second-order valence-corrected chi connectivity index (χ2v) is 11.8. The van der Waals surface area contributed by atoms with Crippen LogP contribution in [0.5, 0.6) is 0 Å². The maximum Gasteiger partial charge on any atom is 0.318 e. The minimum atomic E-state index is -0.447. The van der Waals surface area contributed by atoms with Crippen molar-refractivity contribution < 1.29 is 14.0 Å². The van der Waals surface area contributed by atoms with Crippen LogP contribution in [-0.4, -0.2) is 52.5 Å². The number of urea groups is 1. The SMILES string of the molecule is O=C(Nc1ccc(Br)cc1)[C@@H]1CCCN1C(=O)NC1C[C@H]2CC[C@@H](C1)N2Cc1ccc2cc(F)ccc2c1. The Morgan fingerprint density at radius 3 is 2.39 bits per heavy atom. The lowest BCUT2D eigenvalue weighted by Crippen LogP contribution is -2.54. The van der Waals surface area contributed by atoms with Crippen LogP contribution in [0.15, 0.2) is 65.1 Å². The molecule has 8 heteroatoms. The summed E-state index contributed by atoms with van der Waals surface area (Å²) in [4.78, 5) is 30.5. The molecule has 3 saturated heterocycles. The molecule has 3 aromatic rings. The fourth-order valence-corrected chi connectivity index (χ4v) is 6.79. The van der Waals surface area contributed by atoms with Gasteiger partial charge in [-0.25, -0.2) is 9.18 Å². The van der Waals surface area contributed by atoms with Crippen molar-refractivity contribution in [1.82, 2.24) is 15.1 Å². The maximum atomic E-state index is 13.5. The van der Waals surface area contributed by atoms with Crippen LogP contribution in [0, 0.1) is 5.82 Å². The summed E-state index contributed by atoms with van der Waals surface area (Å²) in [5, 5.41) is 8.21. The topological polar surface area (TPSA) is 64.7 Å². The molecule has 0 spiro atoms. The third kappa shape index (κ3) is 5.29. The Morgan fingerprint density at radius 1 is 0.921 bits per heavy atom. The van der Waals surface area contributed by atoms with E-state index in [-0.39, 0.29) is 23.8 Å². The first kappa shape index (κ1) is 25.3. The standard InChI is InChI=1S/C30H32BrFN4O2/c31-22-6-9-24(10-7-22)33-29(37)28-2-1-13-35(28)30(38)34-25-16-26-11-12-27(17-25)36(26)18-19-3-4-21-15-23(32)8-5-20(21)14-19/h3-10,14-15,25-28H,1-2,11-13,16-18H2,(H,33,37)(H,34,38)/t25?,26-,27+,28-/m0/s1. The van der Waals surface area contributed by atoms with Crippen molar-refractivity contribution in [2.24, 2.45) is 0 Å². The van der Waals surface area contributed by atoms with Crippen molar-refractivity contribution in [2.75, 3.05) is 11.9 Å². The molecule has 3 aliphatic heterocycles. The van der Waals surface area contributed by atoms with E-state index in [0.717, 1.165) is 59.6 Å². The van der Waals surface area contributed by atoms with Gasteiger partial charge in [-0.05, 0) is 97.3 Å². The van der Waals surface area contributed by atoms with Gasteiger partial charge in [0.2, 0.25) is 5.91 Å². The molecular weight excluding hydrogens is 547 g/mol. The lowest BCUT2D eigenvalue weighted by molar-refractivity contribution is -0.119. The molecule has 0 radical (unpaired) electrons. The van der Waals surface area contributed by atoms with E-state index < -0.39 is 6.04 Å². The molecule has 0 aliphatic carbocycles. The molecule has 38 heavy (non-hydrogen) atoms. The normalized spacial score (nSPS) is 25.1. The summed E-state index contributed by atoms with van der Waals surface area (Å²) in [5.74, 6) is -0.342. The quantitative estimate of drug-likeness (QED) is 0.387. The average molecular weight is 580 g/mol. The summed E-state index contributed by atoms with van der Waals surface area (Å²) in [5.41, 5.74) is 1.97.